The van der Waals surface area contributed by atoms with Gasteiger partial charge in [0.25, 0.3) is 11.8 Å². The van der Waals surface area contributed by atoms with Gasteiger partial charge in [0.1, 0.15) is 36.2 Å². The van der Waals surface area contributed by atoms with E-state index in [1.165, 1.54) is 0 Å². The van der Waals surface area contributed by atoms with E-state index >= 15 is 0 Å². The van der Waals surface area contributed by atoms with Gasteiger partial charge in [-0.15, -0.1) is 0 Å². The molecule has 17 heteroatoms. The number of hydrogen-bond acceptors (Lipinski definition) is 13. The molecule has 1 aliphatic heterocycles. The van der Waals surface area contributed by atoms with Crippen LogP contribution >= 0.6 is 0 Å². The van der Waals surface area contributed by atoms with Crippen LogP contribution in [0, 0.1) is 0 Å². The number of fused-ring (bicyclic) bond motifs is 2. The van der Waals surface area contributed by atoms with Crippen molar-refractivity contribution in [1.29, 1.82) is 0 Å². The van der Waals surface area contributed by atoms with E-state index in [0.29, 0.717) is 93.9 Å². The molecule has 0 radical (unpaired) electrons. The Kier molecular flexibility index (Phi) is 14.2. The third-order valence-electron chi connectivity index (χ3n) is 9.55. The van der Waals surface area contributed by atoms with Crippen LogP contribution in [0.15, 0.2) is 60.7 Å². The molecule has 2 amide bonds. The summed E-state index contributed by atoms with van der Waals surface area (Å²) in [6.07, 6.45) is 2.58. The molecule has 0 aromatic heterocycles. The Labute approximate surface area is 344 Å². The summed E-state index contributed by atoms with van der Waals surface area (Å²) in [4.78, 5) is 27.0. The fourth-order valence-electron chi connectivity index (χ4n) is 7.25. The van der Waals surface area contributed by atoms with Crippen molar-refractivity contribution in [2.75, 3.05) is 79.6 Å². The van der Waals surface area contributed by atoms with E-state index in [0.717, 1.165) is 12.5 Å². The molecule has 2 N–H and O–H groups in total. The maximum Gasteiger partial charge on any atom is 0.264 e. The molecule has 0 saturated carbocycles. The van der Waals surface area contributed by atoms with Crippen LogP contribution in [0.25, 0.3) is 0 Å². The molecule has 0 fully saturated rings. The van der Waals surface area contributed by atoms with Crippen molar-refractivity contribution in [3.8, 4) is 23.0 Å². The van der Waals surface area contributed by atoms with E-state index in [-0.39, 0.29) is 63.2 Å². The van der Waals surface area contributed by atoms with Gasteiger partial charge in [-0.3, -0.25) is 9.59 Å². The zero-order valence-electron chi connectivity index (χ0n) is 33.4. The summed E-state index contributed by atoms with van der Waals surface area (Å²) in [5, 5.41) is 0. The van der Waals surface area contributed by atoms with Crippen molar-refractivity contribution in [3.63, 3.8) is 0 Å². The lowest BCUT2D eigenvalue weighted by Crippen LogP contribution is -2.29. The molecule has 4 aromatic carbocycles. The smallest absolute Gasteiger partial charge is 0.264 e. The van der Waals surface area contributed by atoms with Crippen LogP contribution in [-0.4, -0.2) is 108 Å². The molecule has 4 aromatic rings. The Hall–Kier alpha value is -5.20. The molecule has 0 saturated heterocycles. The van der Waals surface area contributed by atoms with Crippen molar-refractivity contribution >= 4 is 31.9 Å². The van der Waals surface area contributed by atoms with Crippen molar-refractivity contribution in [3.05, 3.63) is 116 Å². The second kappa shape index (κ2) is 19.2. The van der Waals surface area contributed by atoms with E-state index in [1.807, 2.05) is 36.4 Å². The quantitative estimate of drug-likeness (QED) is 0.252. The minimum absolute atomic E-state index is 0.106. The van der Waals surface area contributed by atoms with Gasteiger partial charge >= 0.3 is 0 Å². The molecular weight excluding hydrogens is 805 g/mol. The summed E-state index contributed by atoms with van der Waals surface area (Å²) in [5.74, 6) is 0.375. The standard InChI is InChI=1S/C42H48N2O13S2/c1-51-37-27-7-5-8-28(37)20-32-24-36(42(46)44-59(4,49)50)26-34-22-30-10-6-9-29(38(30)52-2)21-33-25-35(41(45)43-58(3,47)48)23-31(19-27)39(33)56-17-15-54-13-11-53-12-14-55-16-18-57-40(32)34/h5-10,23-26H,11-22H2,1-4H3,(H,43,45)(H,44,46). The van der Waals surface area contributed by atoms with Crippen LogP contribution in [-0.2, 0) is 59.9 Å². The summed E-state index contributed by atoms with van der Waals surface area (Å²) >= 11 is 0. The van der Waals surface area contributed by atoms with E-state index < -0.39 is 31.9 Å². The third kappa shape index (κ3) is 11.5. The Balaban J connectivity index is 1.63. The Morgan fingerprint density at radius 3 is 1.05 bits per heavy atom. The fourth-order valence-corrected chi connectivity index (χ4v) is 8.16. The lowest BCUT2D eigenvalue weighted by atomic mass is 9.89. The number of nitrogens with one attached hydrogen (secondary N) is 2. The predicted octanol–water partition coefficient (Wildman–Crippen LogP) is 3.58. The molecule has 1 heterocycles. The number of para-hydroxylation sites is 2. The SMILES string of the molecule is COc1c2cccc1Cc1cc(C(=O)NS(C)(=O)=O)cc3c1OCCOCCOCCOCCOc1c(cc(C(=O)NS(C)(=O)=O)cc1Cc1cccc(c1OC)C3)C2. The van der Waals surface area contributed by atoms with Gasteiger partial charge in [0.05, 0.1) is 66.4 Å². The molecule has 1 aliphatic carbocycles. The summed E-state index contributed by atoms with van der Waals surface area (Å²) in [7, 11) is -4.73. The van der Waals surface area contributed by atoms with Gasteiger partial charge in [-0.05, 0) is 68.8 Å². The van der Waals surface area contributed by atoms with E-state index in [9.17, 15) is 26.4 Å². The minimum Gasteiger partial charge on any atom is -0.496 e. The van der Waals surface area contributed by atoms with Crippen LogP contribution < -0.4 is 28.4 Å². The molecule has 15 nitrogen and oxygen atoms in total. The molecule has 10 bridgehead atoms. The maximum atomic E-state index is 13.5. The third-order valence-corrected chi connectivity index (χ3v) is 10.7. The molecule has 0 atom stereocenters. The van der Waals surface area contributed by atoms with E-state index in [2.05, 4.69) is 9.44 Å². The van der Waals surface area contributed by atoms with Crippen molar-refractivity contribution < 1.29 is 59.6 Å². The average molecular weight is 853 g/mol. The monoisotopic (exact) mass is 852 g/mol. The average Bonchev–Trinajstić information content (AvgIpc) is 3.16. The first kappa shape index (κ1) is 43.4. The molecular formula is C42H48N2O13S2. The normalized spacial score (nSPS) is 15.5. The number of ether oxygens (including phenoxy) is 7. The number of sulfonamides is 2. The lowest BCUT2D eigenvalue weighted by molar-refractivity contribution is 0.00484. The molecule has 0 spiro atoms. The highest BCUT2D eigenvalue weighted by Crippen LogP contribution is 2.39. The zero-order valence-corrected chi connectivity index (χ0v) is 35.0. The number of benzene rings is 4. The molecule has 2 aliphatic rings. The van der Waals surface area contributed by atoms with E-state index in [4.69, 9.17) is 33.2 Å². The highest BCUT2D eigenvalue weighted by Gasteiger charge is 2.25. The van der Waals surface area contributed by atoms with Gasteiger partial charge < -0.3 is 33.2 Å². The number of carbonyl (C=O) groups is 2. The van der Waals surface area contributed by atoms with Crippen LogP contribution in [0.2, 0.25) is 0 Å². The Morgan fingerprint density at radius 2 is 0.780 bits per heavy atom. The number of rotatable bonds is 6. The maximum absolute atomic E-state index is 13.5. The predicted molar refractivity (Wildman–Crippen MR) is 218 cm³/mol. The van der Waals surface area contributed by atoms with Crippen LogP contribution in [0.3, 0.4) is 0 Å². The van der Waals surface area contributed by atoms with Gasteiger partial charge in [0.2, 0.25) is 20.0 Å². The molecule has 316 valence electrons. The first-order valence-corrected chi connectivity index (χ1v) is 22.7. The number of methoxy groups -OCH3 is 2. The number of carbonyl (C=O) groups excluding carboxylic acids is 2. The van der Waals surface area contributed by atoms with Gasteiger partial charge in [0, 0.05) is 36.8 Å². The summed E-state index contributed by atoms with van der Waals surface area (Å²) in [6.45, 7) is 2.06. The highest BCUT2D eigenvalue weighted by molar-refractivity contribution is 7.89. The molecule has 59 heavy (non-hydrogen) atoms. The summed E-state index contributed by atoms with van der Waals surface area (Å²) < 4.78 is 95.6. The van der Waals surface area contributed by atoms with Gasteiger partial charge in [-0.25, -0.2) is 26.3 Å². The zero-order chi connectivity index (χ0) is 42.2. The highest BCUT2D eigenvalue weighted by atomic mass is 32.2. The summed E-state index contributed by atoms with van der Waals surface area (Å²) in [6, 6.07) is 17.7. The number of amides is 2. The van der Waals surface area contributed by atoms with Crippen LogP contribution in [0.1, 0.15) is 65.2 Å². The first-order valence-electron chi connectivity index (χ1n) is 18.9. The van der Waals surface area contributed by atoms with Crippen LogP contribution in [0.4, 0.5) is 0 Å². The van der Waals surface area contributed by atoms with Crippen LogP contribution in [0.5, 0.6) is 23.0 Å². The minimum atomic E-state index is -3.90. The second-order valence-corrected chi connectivity index (χ2v) is 17.6. The Morgan fingerprint density at radius 1 is 0.492 bits per heavy atom. The topological polar surface area (TPSA) is 191 Å². The van der Waals surface area contributed by atoms with Crippen molar-refractivity contribution in [2.45, 2.75) is 25.7 Å². The number of hydrogen-bond donors (Lipinski definition) is 2. The largest absolute Gasteiger partial charge is 0.496 e. The van der Waals surface area contributed by atoms with Crippen molar-refractivity contribution in [1.82, 2.24) is 9.44 Å². The lowest BCUT2D eigenvalue weighted by Gasteiger charge is -2.23. The summed E-state index contributed by atoms with van der Waals surface area (Å²) in [5.41, 5.74) is 5.38. The fraction of sp³-hybridized carbons (Fsp3) is 0.381. The second-order valence-electron chi connectivity index (χ2n) is 14.1. The van der Waals surface area contributed by atoms with Gasteiger partial charge in [0.15, 0.2) is 0 Å². The van der Waals surface area contributed by atoms with E-state index in [1.54, 1.807) is 38.5 Å². The molecule has 0 unspecified atom stereocenters. The molecule has 6 rings (SSSR count). The van der Waals surface area contributed by atoms with Gasteiger partial charge in [-0.2, -0.15) is 0 Å². The Bertz CT molecular complexity index is 2160. The van der Waals surface area contributed by atoms with Gasteiger partial charge in [-0.1, -0.05) is 36.4 Å². The van der Waals surface area contributed by atoms with Crippen molar-refractivity contribution in [2.24, 2.45) is 0 Å². The first-order chi connectivity index (χ1) is 28.2.